The van der Waals surface area contributed by atoms with Gasteiger partial charge in [-0.15, -0.1) is 0 Å². The summed E-state index contributed by atoms with van der Waals surface area (Å²) < 4.78 is 24.4. The highest BCUT2D eigenvalue weighted by Gasteiger charge is 2.26. The Balaban J connectivity index is 1.70. The highest BCUT2D eigenvalue weighted by Crippen LogP contribution is 2.19. The Hall–Kier alpha value is -0.820. The Morgan fingerprint density at radius 1 is 1.26 bits per heavy atom. The van der Waals surface area contributed by atoms with Crippen LogP contribution in [0.4, 0.5) is 0 Å². The molecule has 0 unspecified atom stereocenters. The molecule has 6 nitrogen and oxygen atoms in total. The third-order valence-electron chi connectivity index (χ3n) is 3.74. The summed E-state index contributed by atoms with van der Waals surface area (Å²) in [5.41, 5.74) is 0. The molecule has 110 valence electrons. The van der Waals surface area contributed by atoms with Crippen molar-refractivity contribution in [2.24, 2.45) is 10.9 Å². The normalized spacial score (nSPS) is 23.4. The van der Waals surface area contributed by atoms with Crippen molar-refractivity contribution < 1.29 is 8.42 Å². The molecule has 1 aliphatic heterocycles. The Morgan fingerprint density at radius 2 is 1.89 bits per heavy atom. The summed E-state index contributed by atoms with van der Waals surface area (Å²) in [5, 5.41) is 6.68. The van der Waals surface area contributed by atoms with Gasteiger partial charge in [0.25, 0.3) is 0 Å². The molecule has 0 aromatic heterocycles. The molecule has 0 amide bonds. The van der Waals surface area contributed by atoms with E-state index in [1.807, 2.05) is 0 Å². The Bertz CT molecular complexity index is 423. The largest absolute Gasteiger partial charge is 0.356 e. The maximum atomic E-state index is 11.4. The van der Waals surface area contributed by atoms with E-state index in [1.54, 1.807) is 11.4 Å². The van der Waals surface area contributed by atoms with E-state index in [0.29, 0.717) is 25.0 Å². The maximum Gasteiger partial charge on any atom is 0.211 e. The molecule has 1 aliphatic carbocycles. The Morgan fingerprint density at radius 3 is 2.37 bits per heavy atom. The highest BCUT2D eigenvalue weighted by atomic mass is 32.2. The molecule has 1 heterocycles. The Kier molecular flexibility index (Phi) is 4.67. The predicted octanol–water partition coefficient (Wildman–Crippen LogP) is -0.0146. The van der Waals surface area contributed by atoms with Gasteiger partial charge in [0.15, 0.2) is 5.96 Å². The minimum absolute atomic E-state index is 0.524. The van der Waals surface area contributed by atoms with E-state index in [2.05, 4.69) is 15.6 Å². The number of rotatable bonds is 4. The van der Waals surface area contributed by atoms with E-state index in [4.69, 9.17) is 0 Å². The summed E-state index contributed by atoms with van der Waals surface area (Å²) in [6.07, 6.45) is 5.58. The molecule has 0 aromatic rings. The standard InChI is InChI=1S/C12H24N4O2S/c1-13-12(15-11-3-4-11)14-9-10-5-7-16(8-6-10)19(2,17)18/h10-11H,3-9H2,1-2H3,(H2,13,14,15). The molecular formula is C12H24N4O2S. The molecule has 2 N–H and O–H groups in total. The molecular weight excluding hydrogens is 264 g/mol. The van der Waals surface area contributed by atoms with Gasteiger partial charge in [-0.25, -0.2) is 12.7 Å². The van der Waals surface area contributed by atoms with Crippen LogP contribution in [0.25, 0.3) is 0 Å². The maximum absolute atomic E-state index is 11.4. The second-order valence-electron chi connectivity index (χ2n) is 5.48. The van der Waals surface area contributed by atoms with Gasteiger partial charge in [0.1, 0.15) is 0 Å². The number of aliphatic imine (C=N–C) groups is 1. The molecule has 0 radical (unpaired) electrons. The molecule has 2 fully saturated rings. The summed E-state index contributed by atoms with van der Waals surface area (Å²) >= 11 is 0. The van der Waals surface area contributed by atoms with Gasteiger partial charge in [-0.1, -0.05) is 0 Å². The zero-order valence-electron chi connectivity index (χ0n) is 11.7. The first-order valence-electron chi connectivity index (χ1n) is 6.91. The van der Waals surface area contributed by atoms with E-state index in [9.17, 15) is 8.42 Å². The van der Waals surface area contributed by atoms with Gasteiger partial charge in [0, 0.05) is 32.7 Å². The number of nitrogens with zero attached hydrogens (tertiary/aromatic N) is 2. The van der Waals surface area contributed by atoms with Gasteiger partial charge >= 0.3 is 0 Å². The lowest BCUT2D eigenvalue weighted by Crippen LogP contribution is -2.44. The molecule has 1 saturated heterocycles. The van der Waals surface area contributed by atoms with Gasteiger partial charge < -0.3 is 10.6 Å². The number of piperidine rings is 1. The van der Waals surface area contributed by atoms with E-state index < -0.39 is 10.0 Å². The third-order valence-corrected chi connectivity index (χ3v) is 5.05. The van der Waals surface area contributed by atoms with Crippen molar-refractivity contribution in [3.63, 3.8) is 0 Å². The van der Waals surface area contributed by atoms with E-state index >= 15 is 0 Å². The van der Waals surface area contributed by atoms with Crippen LogP contribution in [-0.2, 0) is 10.0 Å². The Labute approximate surface area is 115 Å². The number of nitrogens with one attached hydrogen (secondary N) is 2. The average Bonchev–Trinajstić information content (AvgIpc) is 3.18. The van der Waals surface area contributed by atoms with Crippen LogP contribution in [0.3, 0.4) is 0 Å². The van der Waals surface area contributed by atoms with Gasteiger partial charge in [0.2, 0.25) is 10.0 Å². The lowest BCUT2D eigenvalue weighted by molar-refractivity contribution is 0.275. The van der Waals surface area contributed by atoms with Gasteiger partial charge in [0.05, 0.1) is 6.26 Å². The smallest absolute Gasteiger partial charge is 0.211 e. The van der Waals surface area contributed by atoms with Crippen molar-refractivity contribution >= 4 is 16.0 Å². The van der Waals surface area contributed by atoms with Crippen molar-refractivity contribution in [2.45, 2.75) is 31.7 Å². The van der Waals surface area contributed by atoms with E-state index in [1.165, 1.54) is 19.1 Å². The zero-order valence-corrected chi connectivity index (χ0v) is 12.5. The number of hydrogen-bond donors (Lipinski definition) is 2. The molecule has 2 aliphatic rings. The molecule has 19 heavy (non-hydrogen) atoms. The summed E-state index contributed by atoms with van der Waals surface area (Å²) in [5.74, 6) is 1.39. The summed E-state index contributed by atoms with van der Waals surface area (Å²) in [6, 6.07) is 0.596. The molecule has 1 saturated carbocycles. The van der Waals surface area contributed by atoms with Crippen LogP contribution in [0.1, 0.15) is 25.7 Å². The lowest BCUT2D eigenvalue weighted by atomic mass is 9.98. The van der Waals surface area contributed by atoms with Crippen molar-refractivity contribution in [3.8, 4) is 0 Å². The van der Waals surface area contributed by atoms with Crippen LogP contribution in [0, 0.1) is 5.92 Å². The molecule has 0 aromatic carbocycles. The van der Waals surface area contributed by atoms with E-state index in [-0.39, 0.29) is 0 Å². The van der Waals surface area contributed by atoms with Crippen LogP contribution in [-0.4, -0.2) is 57.7 Å². The van der Waals surface area contributed by atoms with Crippen LogP contribution in [0.15, 0.2) is 4.99 Å². The molecule has 2 rings (SSSR count). The second-order valence-corrected chi connectivity index (χ2v) is 7.46. The quantitative estimate of drug-likeness (QED) is 0.563. The minimum Gasteiger partial charge on any atom is -0.356 e. The van der Waals surface area contributed by atoms with E-state index in [0.717, 1.165) is 25.3 Å². The number of hydrogen-bond acceptors (Lipinski definition) is 3. The predicted molar refractivity (Wildman–Crippen MR) is 76.7 cm³/mol. The first-order chi connectivity index (χ1) is 8.99. The first-order valence-corrected chi connectivity index (χ1v) is 8.76. The van der Waals surface area contributed by atoms with Crippen molar-refractivity contribution in [2.75, 3.05) is 32.9 Å². The van der Waals surface area contributed by atoms with Gasteiger partial charge in [-0.05, 0) is 31.6 Å². The summed E-state index contributed by atoms with van der Waals surface area (Å²) in [6.45, 7) is 2.14. The van der Waals surface area contributed by atoms with Crippen molar-refractivity contribution in [3.05, 3.63) is 0 Å². The third kappa shape index (κ3) is 4.65. The zero-order chi connectivity index (χ0) is 13.9. The second kappa shape index (κ2) is 6.09. The molecule has 7 heteroatoms. The highest BCUT2D eigenvalue weighted by molar-refractivity contribution is 7.88. The van der Waals surface area contributed by atoms with Gasteiger partial charge in [-0.3, -0.25) is 4.99 Å². The van der Waals surface area contributed by atoms with Crippen LogP contribution in [0.2, 0.25) is 0 Å². The number of sulfonamides is 1. The minimum atomic E-state index is -3.02. The summed E-state index contributed by atoms with van der Waals surface area (Å²) in [4.78, 5) is 4.19. The van der Waals surface area contributed by atoms with Gasteiger partial charge in [-0.2, -0.15) is 0 Å². The fourth-order valence-electron chi connectivity index (χ4n) is 2.30. The van der Waals surface area contributed by atoms with Crippen molar-refractivity contribution in [1.29, 1.82) is 0 Å². The molecule has 0 spiro atoms. The van der Waals surface area contributed by atoms with Crippen LogP contribution >= 0.6 is 0 Å². The van der Waals surface area contributed by atoms with Crippen LogP contribution < -0.4 is 10.6 Å². The first kappa shape index (κ1) is 14.6. The fraction of sp³-hybridized carbons (Fsp3) is 0.917. The summed E-state index contributed by atoms with van der Waals surface area (Å²) in [7, 11) is -1.23. The average molecular weight is 288 g/mol. The van der Waals surface area contributed by atoms with Crippen molar-refractivity contribution in [1.82, 2.24) is 14.9 Å². The lowest BCUT2D eigenvalue weighted by Gasteiger charge is -2.30. The topological polar surface area (TPSA) is 73.8 Å². The monoisotopic (exact) mass is 288 g/mol. The molecule has 0 bridgehead atoms. The number of guanidine groups is 1. The SMILES string of the molecule is CN=C(NCC1CCN(S(C)(=O)=O)CC1)NC1CC1. The fourth-order valence-corrected chi connectivity index (χ4v) is 3.18. The van der Waals surface area contributed by atoms with Crippen LogP contribution in [0.5, 0.6) is 0 Å². The molecule has 0 atom stereocenters.